The van der Waals surface area contributed by atoms with Crippen LogP contribution in [0.1, 0.15) is 26.7 Å². The summed E-state index contributed by atoms with van der Waals surface area (Å²) in [6.45, 7) is 2.94. The lowest BCUT2D eigenvalue weighted by molar-refractivity contribution is -0.0594. The van der Waals surface area contributed by atoms with Crippen molar-refractivity contribution in [2.75, 3.05) is 6.54 Å². The SMILES string of the molecule is CCCC(C=N)C/N=C(\C)C(F)(F)F. The number of aliphatic imine (C=N–C) groups is 1. The molecule has 0 spiro atoms. The van der Waals surface area contributed by atoms with Crippen LogP contribution in [0.25, 0.3) is 0 Å². The number of hydrogen-bond acceptors (Lipinski definition) is 2. The Bertz CT molecular complexity index is 209. The molecular weight excluding hydrogens is 193 g/mol. The molecule has 0 saturated carbocycles. The maximum atomic E-state index is 12.0. The minimum absolute atomic E-state index is 0.0582. The molecule has 0 rings (SSSR count). The molecule has 82 valence electrons. The normalized spacial score (nSPS) is 15.4. The van der Waals surface area contributed by atoms with Gasteiger partial charge in [0.15, 0.2) is 0 Å². The molecule has 0 amide bonds. The van der Waals surface area contributed by atoms with Crippen LogP contribution in [0, 0.1) is 11.3 Å². The largest absolute Gasteiger partial charge is 0.428 e. The summed E-state index contributed by atoms with van der Waals surface area (Å²) in [6, 6.07) is 0. The highest BCUT2D eigenvalue weighted by molar-refractivity contribution is 5.87. The first-order chi connectivity index (χ1) is 6.41. The van der Waals surface area contributed by atoms with Crippen molar-refractivity contribution in [1.82, 2.24) is 0 Å². The van der Waals surface area contributed by atoms with Gasteiger partial charge in [-0.2, -0.15) is 13.2 Å². The van der Waals surface area contributed by atoms with Gasteiger partial charge in [0, 0.05) is 18.7 Å². The molecule has 0 aliphatic rings. The molecule has 14 heavy (non-hydrogen) atoms. The fourth-order valence-electron chi connectivity index (χ4n) is 0.942. The topological polar surface area (TPSA) is 36.2 Å². The molecule has 0 aliphatic carbocycles. The molecule has 1 unspecified atom stereocenters. The number of nitrogens with one attached hydrogen (secondary N) is 1. The Kier molecular flexibility index (Phi) is 5.42. The first kappa shape index (κ1) is 13.1. The number of halogens is 3. The quantitative estimate of drug-likeness (QED) is 0.674. The zero-order valence-electron chi connectivity index (χ0n) is 8.36. The molecule has 0 aromatic heterocycles. The van der Waals surface area contributed by atoms with Gasteiger partial charge in [-0.05, 0) is 13.3 Å². The Balaban J connectivity index is 4.18. The predicted octanol–water partition coefficient (Wildman–Crippen LogP) is 3.08. The van der Waals surface area contributed by atoms with Crippen molar-refractivity contribution >= 4 is 11.9 Å². The summed E-state index contributed by atoms with van der Waals surface area (Å²) >= 11 is 0. The summed E-state index contributed by atoms with van der Waals surface area (Å²) in [5, 5.41) is 6.99. The van der Waals surface area contributed by atoms with Crippen LogP contribution < -0.4 is 0 Å². The van der Waals surface area contributed by atoms with Gasteiger partial charge in [-0.25, -0.2) is 0 Å². The fourth-order valence-corrected chi connectivity index (χ4v) is 0.942. The molecule has 0 heterocycles. The molecule has 2 nitrogen and oxygen atoms in total. The molecule has 0 aromatic rings. The van der Waals surface area contributed by atoms with E-state index in [1.165, 1.54) is 0 Å². The second kappa shape index (κ2) is 5.78. The minimum Gasteiger partial charge on any atom is -0.313 e. The number of hydrogen-bond donors (Lipinski definition) is 1. The van der Waals surface area contributed by atoms with Crippen molar-refractivity contribution in [2.45, 2.75) is 32.9 Å². The van der Waals surface area contributed by atoms with E-state index in [1.54, 1.807) is 0 Å². The lowest BCUT2D eigenvalue weighted by Crippen LogP contribution is -2.21. The van der Waals surface area contributed by atoms with E-state index >= 15 is 0 Å². The van der Waals surface area contributed by atoms with Gasteiger partial charge in [-0.1, -0.05) is 13.3 Å². The van der Waals surface area contributed by atoms with Crippen LogP contribution in [-0.2, 0) is 0 Å². The van der Waals surface area contributed by atoms with E-state index in [2.05, 4.69) is 4.99 Å². The minimum atomic E-state index is -4.33. The molecule has 5 heteroatoms. The van der Waals surface area contributed by atoms with Gasteiger partial charge in [0.05, 0.1) is 0 Å². The van der Waals surface area contributed by atoms with E-state index in [1.807, 2.05) is 6.92 Å². The molecule has 0 radical (unpaired) electrons. The van der Waals surface area contributed by atoms with E-state index in [0.717, 1.165) is 19.6 Å². The van der Waals surface area contributed by atoms with Crippen LogP contribution >= 0.6 is 0 Å². The molecule has 1 N–H and O–H groups in total. The lowest BCUT2D eigenvalue weighted by atomic mass is 10.1. The summed E-state index contributed by atoms with van der Waals surface area (Å²) < 4.78 is 36.0. The monoisotopic (exact) mass is 208 g/mol. The number of nitrogens with zero attached hydrogens (tertiary/aromatic N) is 1. The third kappa shape index (κ3) is 4.99. The van der Waals surface area contributed by atoms with Crippen molar-refractivity contribution in [3.8, 4) is 0 Å². The van der Waals surface area contributed by atoms with Crippen molar-refractivity contribution < 1.29 is 13.2 Å². The van der Waals surface area contributed by atoms with Gasteiger partial charge in [0.2, 0.25) is 0 Å². The molecule has 0 fully saturated rings. The first-order valence-electron chi connectivity index (χ1n) is 4.50. The highest BCUT2D eigenvalue weighted by Crippen LogP contribution is 2.17. The average molecular weight is 208 g/mol. The summed E-state index contributed by atoms with van der Waals surface area (Å²) in [5.74, 6) is -0.169. The van der Waals surface area contributed by atoms with E-state index in [0.29, 0.717) is 6.42 Å². The Hall–Kier alpha value is -0.870. The van der Waals surface area contributed by atoms with Gasteiger partial charge in [-0.15, -0.1) is 0 Å². The van der Waals surface area contributed by atoms with Gasteiger partial charge in [-0.3, -0.25) is 4.99 Å². The Labute approximate surface area is 81.7 Å². The molecule has 0 aliphatic heterocycles. The first-order valence-corrected chi connectivity index (χ1v) is 4.50. The second-order valence-electron chi connectivity index (χ2n) is 3.14. The van der Waals surface area contributed by atoms with Gasteiger partial charge in [0.1, 0.15) is 5.71 Å². The van der Waals surface area contributed by atoms with Crippen molar-refractivity contribution in [3.05, 3.63) is 0 Å². The zero-order chi connectivity index (χ0) is 11.2. The maximum absolute atomic E-state index is 12.0. The van der Waals surface area contributed by atoms with Crippen molar-refractivity contribution in [2.24, 2.45) is 10.9 Å². The predicted molar refractivity (Wildman–Crippen MR) is 51.2 cm³/mol. The van der Waals surface area contributed by atoms with E-state index < -0.39 is 11.9 Å². The van der Waals surface area contributed by atoms with E-state index in [-0.39, 0.29) is 12.5 Å². The summed E-state index contributed by atoms with van der Waals surface area (Å²) in [7, 11) is 0. The van der Waals surface area contributed by atoms with Crippen molar-refractivity contribution in [3.63, 3.8) is 0 Å². The number of rotatable bonds is 5. The molecular formula is C9H15F3N2. The van der Waals surface area contributed by atoms with Gasteiger partial charge < -0.3 is 5.41 Å². The maximum Gasteiger partial charge on any atom is 0.428 e. The molecule has 1 atom stereocenters. The zero-order valence-corrected chi connectivity index (χ0v) is 8.36. The van der Waals surface area contributed by atoms with Crippen molar-refractivity contribution in [1.29, 1.82) is 5.41 Å². The van der Waals surface area contributed by atoms with E-state index in [4.69, 9.17) is 5.41 Å². The summed E-state index contributed by atoms with van der Waals surface area (Å²) in [5.41, 5.74) is -0.819. The van der Waals surface area contributed by atoms with Crippen LogP contribution in [0.5, 0.6) is 0 Å². The van der Waals surface area contributed by atoms with Crippen LogP contribution in [0.4, 0.5) is 13.2 Å². The highest BCUT2D eigenvalue weighted by Gasteiger charge is 2.31. The lowest BCUT2D eigenvalue weighted by Gasteiger charge is -2.09. The van der Waals surface area contributed by atoms with Crippen LogP contribution in [-0.4, -0.2) is 24.6 Å². The number of alkyl halides is 3. The van der Waals surface area contributed by atoms with Crippen LogP contribution in [0.3, 0.4) is 0 Å². The second-order valence-corrected chi connectivity index (χ2v) is 3.14. The Morgan fingerprint density at radius 1 is 1.50 bits per heavy atom. The van der Waals surface area contributed by atoms with Gasteiger partial charge in [0.25, 0.3) is 0 Å². The Morgan fingerprint density at radius 3 is 2.43 bits per heavy atom. The van der Waals surface area contributed by atoms with Crippen LogP contribution in [0.2, 0.25) is 0 Å². The summed E-state index contributed by atoms with van der Waals surface area (Å²) in [4.78, 5) is 3.43. The Morgan fingerprint density at radius 2 is 2.07 bits per heavy atom. The third-order valence-electron chi connectivity index (χ3n) is 1.87. The molecule has 0 saturated heterocycles. The summed E-state index contributed by atoms with van der Waals surface area (Å²) in [6.07, 6.45) is -1.62. The van der Waals surface area contributed by atoms with E-state index in [9.17, 15) is 13.2 Å². The van der Waals surface area contributed by atoms with Crippen LogP contribution in [0.15, 0.2) is 4.99 Å². The fraction of sp³-hybridized carbons (Fsp3) is 0.778. The average Bonchev–Trinajstić information content (AvgIpc) is 2.10. The highest BCUT2D eigenvalue weighted by atomic mass is 19.4. The van der Waals surface area contributed by atoms with Gasteiger partial charge >= 0.3 is 6.18 Å². The molecule has 0 bridgehead atoms. The smallest absolute Gasteiger partial charge is 0.313 e. The molecule has 0 aromatic carbocycles. The third-order valence-corrected chi connectivity index (χ3v) is 1.87. The standard InChI is InChI=1S/C9H15F3N2/c1-3-4-8(5-13)6-14-7(2)9(10,11)12/h5,8,13H,3-4,6H2,1-2H3/b13-5?,14-7+.